The molecule has 1 unspecified atom stereocenters. The molecule has 102 valence electrons. The van der Waals surface area contributed by atoms with Gasteiger partial charge in [0, 0.05) is 6.20 Å². The van der Waals surface area contributed by atoms with E-state index in [0.29, 0.717) is 5.82 Å². The molecule has 0 amide bonds. The minimum atomic E-state index is -4.44. The maximum atomic E-state index is 12.8. The monoisotopic (exact) mass is 290 g/mol. The molecule has 0 spiro atoms. The van der Waals surface area contributed by atoms with Crippen molar-refractivity contribution in [3.8, 4) is 0 Å². The van der Waals surface area contributed by atoms with Crippen molar-refractivity contribution >= 4 is 17.2 Å². The summed E-state index contributed by atoms with van der Waals surface area (Å²) in [6.45, 7) is 0.826. The highest BCUT2D eigenvalue weighted by Crippen LogP contribution is 2.33. The molecular weight excluding hydrogens is 281 g/mol. The SMILES string of the molecule is FC(F)(F)c1cc(Cl)c2nnc(C3CCCN3)n2c1. The van der Waals surface area contributed by atoms with Crippen LogP contribution in [0.15, 0.2) is 12.3 Å². The molecular formula is C11H10ClF3N4. The van der Waals surface area contributed by atoms with Crippen LogP contribution in [0.2, 0.25) is 5.02 Å². The van der Waals surface area contributed by atoms with Crippen LogP contribution in [0.3, 0.4) is 0 Å². The third-order valence-electron chi connectivity index (χ3n) is 3.19. The van der Waals surface area contributed by atoms with E-state index in [9.17, 15) is 13.2 Å². The van der Waals surface area contributed by atoms with Gasteiger partial charge in [-0.2, -0.15) is 13.2 Å². The van der Waals surface area contributed by atoms with Crippen molar-refractivity contribution in [3.05, 3.63) is 28.7 Å². The van der Waals surface area contributed by atoms with Gasteiger partial charge in [0.15, 0.2) is 11.5 Å². The number of nitrogens with one attached hydrogen (secondary N) is 1. The molecule has 0 bridgehead atoms. The molecule has 1 N–H and O–H groups in total. The maximum absolute atomic E-state index is 12.8. The zero-order chi connectivity index (χ0) is 13.6. The van der Waals surface area contributed by atoms with Crippen LogP contribution in [0, 0.1) is 0 Å². The number of pyridine rings is 1. The predicted molar refractivity (Wildman–Crippen MR) is 63.0 cm³/mol. The normalized spacial score (nSPS) is 20.3. The lowest BCUT2D eigenvalue weighted by Crippen LogP contribution is -2.16. The van der Waals surface area contributed by atoms with Crippen LogP contribution in [0.1, 0.15) is 30.3 Å². The Kier molecular flexibility index (Phi) is 2.90. The summed E-state index contributed by atoms with van der Waals surface area (Å²) in [5.41, 5.74) is -0.553. The first-order valence-electron chi connectivity index (χ1n) is 5.81. The summed E-state index contributed by atoms with van der Waals surface area (Å²) in [5, 5.41) is 11.0. The van der Waals surface area contributed by atoms with Crippen LogP contribution in [-0.4, -0.2) is 21.1 Å². The van der Waals surface area contributed by atoms with Gasteiger partial charge in [0.25, 0.3) is 0 Å². The van der Waals surface area contributed by atoms with Gasteiger partial charge in [0.1, 0.15) is 0 Å². The van der Waals surface area contributed by atoms with Gasteiger partial charge in [-0.15, -0.1) is 10.2 Å². The third kappa shape index (κ3) is 2.17. The number of aromatic nitrogens is 3. The largest absolute Gasteiger partial charge is 0.417 e. The van der Waals surface area contributed by atoms with Gasteiger partial charge in [-0.25, -0.2) is 0 Å². The van der Waals surface area contributed by atoms with Crippen LogP contribution in [0.4, 0.5) is 13.2 Å². The van der Waals surface area contributed by atoms with Crippen molar-refractivity contribution in [2.45, 2.75) is 25.1 Å². The Morgan fingerprint density at radius 1 is 1.37 bits per heavy atom. The van der Waals surface area contributed by atoms with Crippen molar-refractivity contribution in [3.63, 3.8) is 0 Å². The van der Waals surface area contributed by atoms with E-state index in [2.05, 4.69) is 15.5 Å². The van der Waals surface area contributed by atoms with Gasteiger partial charge in [0.05, 0.1) is 16.6 Å². The molecule has 1 atom stereocenters. The lowest BCUT2D eigenvalue weighted by molar-refractivity contribution is -0.137. The molecule has 3 rings (SSSR count). The summed E-state index contributed by atoms with van der Waals surface area (Å²) in [5.74, 6) is 0.473. The summed E-state index contributed by atoms with van der Waals surface area (Å²) >= 11 is 5.84. The van der Waals surface area contributed by atoms with Gasteiger partial charge in [-0.3, -0.25) is 4.40 Å². The highest BCUT2D eigenvalue weighted by atomic mass is 35.5. The van der Waals surface area contributed by atoms with E-state index in [-0.39, 0.29) is 16.7 Å². The quantitative estimate of drug-likeness (QED) is 0.878. The van der Waals surface area contributed by atoms with Gasteiger partial charge in [-0.05, 0) is 25.5 Å². The predicted octanol–water partition coefficient (Wildman–Crippen LogP) is 2.83. The Bertz CT molecular complexity index is 616. The van der Waals surface area contributed by atoms with Crippen molar-refractivity contribution in [1.82, 2.24) is 19.9 Å². The number of hydrogen-bond donors (Lipinski definition) is 1. The average Bonchev–Trinajstić information content (AvgIpc) is 2.94. The highest BCUT2D eigenvalue weighted by Gasteiger charge is 2.33. The standard InChI is InChI=1S/C11H10ClF3N4/c12-7-4-6(11(13,14)15)5-19-9(7)17-18-10(19)8-2-1-3-16-8/h4-5,8,16H,1-3H2. The zero-order valence-corrected chi connectivity index (χ0v) is 10.5. The van der Waals surface area contributed by atoms with Gasteiger partial charge >= 0.3 is 6.18 Å². The smallest absolute Gasteiger partial charge is 0.307 e. The number of nitrogens with zero attached hydrogens (tertiary/aromatic N) is 3. The molecule has 0 aromatic carbocycles. The first kappa shape index (κ1) is 12.7. The Balaban J connectivity index is 2.17. The Morgan fingerprint density at radius 2 is 2.16 bits per heavy atom. The van der Waals surface area contributed by atoms with Crippen LogP contribution >= 0.6 is 11.6 Å². The third-order valence-corrected chi connectivity index (χ3v) is 3.46. The van der Waals surface area contributed by atoms with E-state index in [1.54, 1.807) is 0 Å². The Morgan fingerprint density at radius 3 is 2.79 bits per heavy atom. The minimum Gasteiger partial charge on any atom is -0.307 e. The van der Waals surface area contributed by atoms with Crippen LogP contribution in [-0.2, 0) is 6.18 Å². The Labute approximate surface area is 111 Å². The van der Waals surface area contributed by atoms with E-state index in [0.717, 1.165) is 31.6 Å². The second kappa shape index (κ2) is 4.35. The maximum Gasteiger partial charge on any atom is 0.417 e. The molecule has 1 aliphatic rings. The molecule has 19 heavy (non-hydrogen) atoms. The lowest BCUT2D eigenvalue weighted by Gasteiger charge is -2.11. The van der Waals surface area contributed by atoms with Crippen molar-refractivity contribution in [1.29, 1.82) is 0 Å². The molecule has 3 heterocycles. The van der Waals surface area contributed by atoms with Crippen LogP contribution in [0.25, 0.3) is 5.65 Å². The lowest BCUT2D eigenvalue weighted by atomic mass is 10.2. The molecule has 2 aromatic rings. The molecule has 0 radical (unpaired) electrons. The van der Waals surface area contributed by atoms with Crippen LogP contribution in [0.5, 0.6) is 0 Å². The van der Waals surface area contributed by atoms with Gasteiger partial charge < -0.3 is 5.32 Å². The van der Waals surface area contributed by atoms with Crippen LogP contribution < -0.4 is 5.32 Å². The molecule has 0 saturated carbocycles. The zero-order valence-electron chi connectivity index (χ0n) is 9.71. The second-order valence-electron chi connectivity index (χ2n) is 4.48. The number of rotatable bonds is 1. The first-order valence-corrected chi connectivity index (χ1v) is 6.19. The number of alkyl halides is 3. The molecule has 1 fully saturated rings. The van der Waals surface area contributed by atoms with Gasteiger partial charge in [-0.1, -0.05) is 11.6 Å². The molecule has 1 aliphatic heterocycles. The summed E-state index contributed by atoms with van der Waals surface area (Å²) in [7, 11) is 0. The molecule has 1 saturated heterocycles. The summed E-state index contributed by atoms with van der Waals surface area (Å²) in [6.07, 6.45) is -1.65. The van der Waals surface area contributed by atoms with Crippen molar-refractivity contribution < 1.29 is 13.2 Å². The van der Waals surface area contributed by atoms with Crippen molar-refractivity contribution in [2.24, 2.45) is 0 Å². The van der Waals surface area contributed by atoms with Crippen molar-refractivity contribution in [2.75, 3.05) is 6.54 Å². The Hall–Kier alpha value is -1.34. The van der Waals surface area contributed by atoms with E-state index in [1.807, 2.05) is 0 Å². The molecule has 2 aromatic heterocycles. The fourth-order valence-electron chi connectivity index (χ4n) is 2.27. The summed E-state index contributed by atoms with van der Waals surface area (Å²) < 4.78 is 39.7. The van der Waals surface area contributed by atoms with E-state index >= 15 is 0 Å². The number of fused-ring (bicyclic) bond motifs is 1. The first-order chi connectivity index (χ1) is 8.97. The van der Waals surface area contributed by atoms with Gasteiger partial charge in [0.2, 0.25) is 0 Å². The fraction of sp³-hybridized carbons (Fsp3) is 0.455. The van der Waals surface area contributed by atoms with E-state index in [4.69, 9.17) is 11.6 Å². The summed E-state index contributed by atoms with van der Waals surface area (Å²) in [4.78, 5) is 0. The topological polar surface area (TPSA) is 42.2 Å². The minimum absolute atomic E-state index is 0.0495. The summed E-state index contributed by atoms with van der Waals surface area (Å²) in [6, 6.07) is 0.798. The number of hydrogen-bond acceptors (Lipinski definition) is 3. The number of halogens is 4. The van der Waals surface area contributed by atoms with E-state index < -0.39 is 11.7 Å². The molecule has 0 aliphatic carbocycles. The molecule has 8 heteroatoms. The second-order valence-corrected chi connectivity index (χ2v) is 4.88. The highest BCUT2D eigenvalue weighted by molar-refractivity contribution is 6.33. The fourth-order valence-corrected chi connectivity index (χ4v) is 2.51. The molecule has 4 nitrogen and oxygen atoms in total. The van der Waals surface area contributed by atoms with E-state index in [1.165, 1.54) is 4.40 Å². The average molecular weight is 291 g/mol.